The third-order valence-corrected chi connectivity index (χ3v) is 5.28. The SMILES string of the molecule is CS(=O)(=O)CCN1CCC2(CCCC2)CC1. The molecule has 1 spiro atoms. The molecule has 4 heteroatoms. The number of likely N-dealkylation sites (tertiary alicyclic amines) is 1. The van der Waals surface area contributed by atoms with Crippen LogP contribution in [0.5, 0.6) is 0 Å². The first kappa shape index (κ1) is 12.4. The van der Waals surface area contributed by atoms with E-state index in [4.69, 9.17) is 0 Å². The van der Waals surface area contributed by atoms with E-state index in [1.165, 1.54) is 44.8 Å². The van der Waals surface area contributed by atoms with Crippen LogP contribution < -0.4 is 0 Å². The van der Waals surface area contributed by atoms with E-state index in [0.717, 1.165) is 19.6 Å². The van der Waals surface area contributed by atoms with Crippen molar-refractivity contribution in [3.63, 3.8) is 0 Å². The molecule has 0 aromatic rings. The second kappa shape index (κ2) is 4.65. The summed E-state index contributed by atoms with van der Waals surface area (Å²) < 4.78 is 22.2. The zero-order chi connectivity index (χ0) is 11.6. The summed E-state index contributed by atoms with van der Waals surface area (Å²) in [6, 6.07) is 0. The molecule has 1 heterocycles. The van der Waals surface area contributed by atoms with Gasteiger partial charge in [-0.25, -0.2) is 8.42 Å². The van der Waals surface area contributed by atoms with Gasteiger partial charge in [0.2, 0.25) is 0 Å². The zero-order valence-electron chi connectivity index (χ0n) is 10.2. The monoisotopic (exact) mass is 245 g/mol. The van der Waals surface area contributed by atoms with Gasteiger partial charge in [0.1, 0.15) is 9.84 Å². The van der Waals surface area contributed by atoms with Gasteiger partial charge in [0.05, 0.1) is 5.75 Å². The maximum Gasteiger partial charge on any atom is 0.148 e. The van der Waals surface area contributed by atoms with Crippen LogP contribution in [0.3, 0.4) is 0 Å². The quantitative estimate of drug-likeness (QED) is 0.759. The van der Waals surface area contributed by atoms with Crippen molar-refractivity contribution in [2.45, 2.75) is 38.5 Å². The molecular weight excluding hydrogens is 222 g/mol. The third-order valence-electron chi connectivity index (χ3n) is 4.36. The molecule has 1 aliphatic heterocycles. The van der Waals surface area contributed by atoms with Gasteiger partial charge in [0, 0.05) is 12.8 Å². The molecule has 0 N–H and O–H groups in total. The van der Waals surface area contributed by atoms with Crippen molar-refractivity contribution in [1.82, 2.24) is 4.90 Å². The molecule has 1 saturated heterocycles. The van der Waals surface area contributed by atoms with Crippen LogP contribution in [0, 0.1) is 5.41 Å². The molecule has 2 fully saturated rings. The fourth-order valence-electron chi connectivity index (χ4n) is 3.17. The lowest BCUT2D eigenvalue weighted by molar-refractivity contribution is 0.113. The molecule has 2 rings (SSSR count). The van der Waals surface area contributed by atoms with Gasteiger partial charge in [-0.2, -0.15) is 0 Å². The van der Waals surface area contributed by atoms with Gasteiger partial charge in [-0.3, -0.25) is 0 Å². The van der Waals surface area contributed by atoms with Crippen LogP contribution in [-0.2, 0) is 9.84 Å². The lowest BCUT2D eigenvalue weighted by atomic mass is 9.77. The molecule has 1 saturated carbocycles. The van der Waals surface area contributed by atoms with Gasteiger partial charge in [0.15, 0.2) is 0 Å². The maximum absolute atomic E-state index is 11.1. The Kier molecular flexibility index (Phi) is 3.59. The number of rotatable bonds is 3. The topological polar surface area (TPSA) is 37.4 Å². The second-order valence-corrected chi connectivity index (χ2v) is 7.94. The minimum absolute atomic E-state index is 0.319. The van der Waals surface area contributed by atoms with Crippen molar-refractivity contribution in [2.24, 2.45) is 5.41 Å². The zero-order valence-corrected chi connectivity index (χ0v) is 11.1. The fourth-order valence-corrected chi connectivity index (χ4v) is 3.76. The number of hydrogen-bond donors (Lipinski definition) is 0. The molecule has 16 heavy (non-hydrogen) atoms. The molecule has 94 valence electrons. The Morgan fingerprint density at radius 3 is 2.12 bits per heavy atom. The predicted octanol–water partition coefficient (Wildman–Crippen LogP) is 1.69. The molecule has 0 amide bonds. The van der Waals surface area contributed by atoms with E-state index in [2.05, 4.69) is 4.90 Å². The first-order valence-electron chi connectivity index (χ1n) is 6.39. The summed E-state index contributed by atoms with van der Waals surface area (Å²) in [5.41, 5.74) is 0.640. The van der Waals surface area contributed by atoms with Crippen LogP contribution in [0.25, 0.3) is 0 Å². The smallest absolute Gasteiger partial charge is 0.148 e. The Labute approximate surface area is 99.1 Å². The molecule has 0 aromatic carbocycles. The average Bonchev–Trinajstić information content (AvgIpc) is 2.65. The highest BCUT2D eigenvalue weighted by molar-refractivity contribution is 7.90. The van der Waals surface area contributed by atoms with Gasteiger partial charge in [-0.05, 0) is 44.2 Å². The van der Waals surface area contributed by atoms with Gasteiger partial charge in [0.25, 0.3) is 0 Å². The minimum atomic E-state index is -2.79. The van der Waals surface area contributed by atoms with Crippen molar-refractivity contribution < 1.29 is 8.42 Å². The van der Waals surface area contributed by atoms with E-state index in [9.17, 15) is 8.42 Å². The third kappa shape index (κ3) is 3.20. The highest BCUT2D eigenvalue weighted by atomic mass is 32.2. The molecular formula is C12H23NO2S. The molecule has 3 nitrogen and oxygen atoms in total. The van der Waals surface area contributed by atoms with Crippen molar-refractivity contribution in [3.8, 4) is 0 Å². The van der Waals surface area contributed by atoms with Gasteiger partial charge in [-0.1, -0.05) is 12.8 Å². The number of nitrogens with zero attached hydrogens (tertiary/aromatic N) is 1. The van der Waals surface area contributed by atoms with Crippen LogP contribution in [-0.4, -0.2) is 45.0 Å². The average molecular weight is 245 g/mol. The summed E-state index contributed by atoms with van der Waals surface area (Å²) in [5, 5.41) is 0. The molecule has 2 aliphatic rings. The Morgan fingerprint density at radius 1 is 1.06 bits per heavy atom. The van der Waals surface area contributed by atoms with Crippen molar-refractivity contribution in [3.05, 3.63) is 0 Å². The molecule has 0 unspecified atom stereocenters. The van der Waals surface area contributed by atoms with Gasteiger partial charge >= 0.3 is 0 Å². The minimum Gasteiger partial charge on any atom is -0.302 e. The molecule has 1 aliphatic carbocycles. The summed E-state index contributed by atoms with van der Waals surface area (Å²) in [6.45, 7) is 2.94. The second-order valence-electron chi connectivity index (χ2n) is 5.68. The summed E-state index contributed by atoms with van der Waals surface area (Å²) in [5.74, 6) is 0.319. The summed E-state index contributed by atoms with van der Waals surface area (Å²) in [4.78, 5) is 2.32. The van der Waals surface area contributed by atoms with Crippen LogP contribution >= 0.6 is 0 Å². The molecule has 0 radical (unpaired) electrons. The summed E-state index contributed by atoms with van der Waals surface area (Å²) in [7, 11) is -2.79. The number of hydrogen-bond acceptors (Lipinski definition) is 3. The van der Waals surface area contributed by atoms with Crippen molar-refractivity contribution in [2.75, 3.05) is 31.6 Å². The normalized spacial score (nSPS) is 26.3. The van der Waals surface area contributed by atoms with E-state index in [0.29, 0.717) is 11.2 Å². The van der Waals surface area contributed by atoms with E-state index in [1.54, 1.807) is 0 Å². The Balaban J connectivity index is 1.77. The molecule has 0 aromatic heterocycles. The van der Waals surface area contributed by atoms with E-state index in [1.807, 2.05) is 0 Å². The van der Waals surface area contributed by atoms with Crippen LogP contribution in [0.4, 0.5) is 0 Å². The Hall–Kier alpha value is -0.0900. The largest absolute Gasteiger partial charge is 0.302 e. The number of sulfone groups is 1. The lowest BCUT2D eigenvalue weighted by Gasteiger charge is -2.39. The fraction of sp³-hybridized carbons (Fsp3) is 1.00. The van der Waals surface area contributed by atoms with Crippen molar-refractivity contribution >= 4 is 9.84 Å². The standard InChI is InChI=1S/C12H23NO2S/c1-16(14,15)11-10-13-8-6-12(7-9-13)4-2-3-5-12/h2-11H2,1H3. The summed E-state index contributed by atoms with van der Waals surface area (Å²) in [6.07, 6.45) is 9.54. The van der Waals surface area contributed by atoms with Crippen molar-refractivity contribution in [1.29, 1.82) is 0 Å². The van der Waals surface area contributed by atoms with Crippen LogP contribution in [0.1, 0.15) is 38.5 Å². The lowest BCUT2D eigenvalue weighted by Crippen LogP contribution is -2.40. The van der Waals surface area contributed by atoms with E-state index < -0.39 is 9.84 Å². The first-order valence-corrected chi connectivity index (χ1v) is 8.45. The Morgan fingerprint density at radius 2 is 1.62 bits per heavy atom. The van der Waals surface area contributed by atoms with Gasteiger partial charge < -0.3 is 4.90 Å². The maximum atomic E-state index is 11.1. The van der Waals surface area contributed by atoms with Gasteiger partial charge in [-0.15, -0.1) is 0 Å². The highest BCUT2D eigenvalue weighted by Gasteiger charge is 2.36. The van der Waals surface area contributed by atoms with E-state index in [-0.39, 0.29) is 0 Å². The predicted molar refractivity (Wildman–Crippen MR) is 66.3 cm³/mol. The highest BCUT2D eigenvalue weighted by Crippen LogP contribution is 2.45. The summed E-state index contributed by atoms with van der Waals surface area (Å²) >= 11 is 0. The van der Waals surface area contributed by atoms with E-state index >= 15 is 0 Å². The van der Waals surface area contributed by atoms with Crippen LogP contribution in [0.2, 0.25) is 0 Å². The van der Waals surface area contributed by atoms with Crippen LogP contribution in [0.15, 0.2) is 0 Å². The first-order chi connectivity index (χ1) is 7.49. The number of piperidine rings is 1. The molecule has 0 bridgehead atoms. The Bertz CT molecular complexity index is 321. The molecule has 0 atom stereocenters.